The summed E-state index contributed by atoms with van der Waals surface area (Å²) in [6.45, 7) is 5.78. The lowest BCUT2D eigenvalue weighted by Gasteiger charge is -2.27. The fourth-order valence-corrected chi connectivity index (χ4v) is 1.83. The van der Waals surface area contributed by atoms with Gasteiger partial charge in [0.05, 0.1) is 0 Å². The van der Waals surface area contributed by atoms with Crippen LogP contribution in [0.5, 0.6) is 0 Å². The van der Waals surface area contributed by atoms with Crippen LogP contribution in [0.3, 0.4) is 0 Å². The van der Waals surface area contributed by atoms with E-state index < -0.39 is 16.8 Å². The molecule has 0 spiro atoms. The average molecular weight is 217 g/mol. The number of carbonyl (C=O) groups is 1. The lowest BCUT2D eigenvalue weighted by atomic mass is 10.1. The first-order valence-corrected chi connectivity index (χ1v) is 5.67. The first kappa shape index (κ1) is 13.5. The highest BCUT2D eigenvalue weighted by Crippen LogP contribution is 2.27. The third-order valence-electron chi connectivity index (χ3n) is 1.97. The van der Waals surface area contributed by atoms with Gasteiger partial charge in [0.25, 0.3) is 0 Å². The van der Waals surface area contributed by atoms with Gasteiger partial charge >= 0.3 is 5.97 Å². The van der Waals surface area contributed by atoms with Crippen molar-refractivity contribution < 1.29 is 9.90 Å². The highest BCUT2D eigenvalue weighted by molar-refractivity contribution is 8.00. The van der Waals surface area contributed by atoms with Crippen molar-refractivity contribution in [1.29, 1.82) is 0 Å². The van der Waals surface area contributed by atoms with Gasteiger partial charge in [0.1, 0.15) is 6.04 Å². The largest absolute Gasteiger partial charge is 0.480 e. The van der Waals surface area contributed by atoms with Gasteiger partial charge in [0.2, 0.25) is 0 Å². The van der Waals surface area contributed by atoms with Crippen molar-refractivity contribution in [2.45, 2.75) is 38.0 Å². The average Bonchev–Trinajstić information content (AvgIpc) is 2.11. The molecule has 82 valence electrons. The highest BCUT2D eigenvalue weighted by atomic mass is 32.2. The molecule has 0 saturated carbocycles. The molecule has 0 aliphatic heterocycles. The first-order valence-electron chi connectivity index (χ1n) is 4.69. The topological polar surface area (TPSA) is 63.3 Å². The first-order chi connectivity index (χ1) is 6.41. The predicted molar refractivity (Wildman–Crippen MR) is 61.6 cm³/mol. The molecule has 1 unspecified atom stereocenters. The Morgan fingerprint density at radius 3 is 2.57 bits per heavy atom. The second kappa shape index (κ2) is 6.09. The van der Waals surface area contributed by atoms with Crippen molar-refractivity contribution in [2.24, 2.45) is 5.73 Å². The number of aliphatic carboxylic acids is 1. The fraction of sp³-hybridized carbons (Fsp3) is 0.700. The molecule has 0 aromatic carbocycles. The number of allylic oxidation sites excluding steroid dienone is 1. The van der Waals surface area contributed by atoms with Crippen LogP contribution in [0.2, 0.25) is 0 Å². The van der Waals surface area contributed by atoms with Gasteiger partial charge in [-0.15, -0.1) is 11.8 Å². The van der Waals surface area contributed by atoms with Crippen LogP contribution in [0.1, 0.15) is 27.2 Å². The number of carboxylic acid groups (broad SMARTS) is 1. The zero-order chi connectivity index (χ0) is 11.2. The maximum absolute atomic E-state index is 10.7. The van der Waals surface area contributed by atoms with Crippen LogP contribution in [-0.2, 0) is 4.79 Å². The van der Waals surface area contributed by atoms with Gasteiger partial charge in [0.15, 0.2) is 0 Å². The Bertz CT molecular complexity index is 214. The molecule has 4 heteroatoms. The molecule has 0 aromatic heterocycles. The Morgan fingerprint density at radius 2 is 2.14 bits per heavy atom. The van der Waals surface area contributed by atoms with E-state index in [1.54, 1.807) is 11.8 Å². The molecule has 0 aromatic rings. The molecule has 0 fully saturated rings. The fourth-order valence-electron chi connectivity index (χ4n) is 0.885. The summed E-state index contributed by atoms with van der Waals surface area (Å²) in [7, 11) is 0. The molecule has 0 radical (unpaired) electrons. The van der Waals surface area contributed by atoms with Crippen LogP contribution in [0.25, 0.3) is 0 Å². The standard InChI is InChI=1S/C10H19NO2S/c1-4-5-6-7-14-10(2,3)8(11)9(12)13/h5-6,8H,4,7,11H2,1-3H3,(H,12,13)/b6-5+. The number of hydrogen-bond donors (Lipinski definition) is 2. The summed E-state index contributed by atoms with van der Waals surface area (Å²) < 4.78 is -0.427. The van der Waals surface area contributed by atoms with E-state index in [0.717, 1.165) is 12.2 Å². The third-order valence-corrected chi connectivity index (χ3v) is 3.33. The Morgan fingerprint density at radius 1 is 1.57 bits per heavy atom. The molecule has 0 rings (SSSR count). The van der Waals surface area contributed by atoms with E-state index in [4.69, 9.17) is 10.8 Å². The van der Waals surface area contributed by atoms with Crippen LogP contribution in [0, 0.1) is 0 Å². The summed E-state index contributed by atoms with van der Waals surface area (Å²) in [5, 5.41) is 8.76. The van der Waals surface area contributed by atoms with E-state index >= 15 is 0 Å². The SMILES string of the molecule is CC/C=C/CSC(C)(C)C(N)C(=O)O. The predicted octanol–water partition coefficient (Wildman–Crippen LogP) is 1.88. The molecule has 1 atom stereocenters. The van der Waals surface area contributed by atoms with Crippen LogP contribution >= 0.6 is 11.8 Å². The number of thioether (sulfide) groups is 1. The van der Waals surface area contributed by atoms with E-state index in [9.17, 15) is 4.79 Å². The molecular weight excluding hydrogens is 198 g/mol. The van der Waals surface area contributed by atoms with Gasteiger partial charge in [-0.2, -0.15) is 0 Å². The van der Waals surface area contributed by atoms with Crippen molar-refractivity contribution in [3.05, 3.63) is 12.2 Å². The third kappa shape index (κ3) is 4.67. The molecule has 14 heavy (non-hydrogen) atoms. The van der Waals surface area contributed by atoms with E-state index in [2.05, 4.69) is 13.0 Å². The second-order valence-corrected chi connectivity index (χ2v) is 5.28. The summed E-state index contributed by atoms with van der Waals surface area (Å²) in [5.74, 6) is -0.135. The van der Waals surface area contributed by atoms with E-state index in [0.29, 0.717) is 0 Å². The summed E-state index contributed by atoms with van der Waals surface area (Å²) in [6, 6.07) is -0.817. The highest BCUT2D eigenvalue weighted by Gasteiger charge is 2.31. The van der Waals surface area contributed by atoms with E-state index in [1.807, 2.05) is 19.9 Å². The summed E-state index contributed by atoms with van der Waals surface area (Å²) in [4.78, 5) is 10.7. The molecule has 0 saturated heterocycles. The molecule has 3 nitrogen and oxygen atoms in total. The minimum Gasteiger partial charge on any atom is -0.480 e. The summed E-state index contributed by atoms with van der Waals surface area (Å²) in [5.41, 5.74) is 5.56. The second-order valence-electron chi connectivity index (χ2n) is 3.61. The van der Waals surface area contributed by atoms with Crippen LogP contribution in [-0.4, -0.2) is 27.6 Å². The Kier molecular flexibility index (Phi) is 5.88. The van der Waals surface area contributed by atoms with E-state index in [1.165, 1.54) is 0 Å². The summed E-state index contributed by atoms with van der Waals surface area (Å²) >= 11 is 1.56. The number of hydrogen-bond acceptors (Lipinski definition) is 3. The smallest absolute Gasteiger partial charge is 0.321 e. The van der Waals surface area contributed by atoms with Gasteiger partial charge in [-0.05, 0) is 20.3 Å². The maximum atomic E-state index is 10.7. The van der Waals surface area contributed by atoms with Crippen LogP contribution < -0.4 is 5.73 Å². The zero-order valence-corrected chi connectivity index (χ0v) is 9.80. The van der Waals surface area contributed by atoms with E-state index in [-0.39, 0.29) is 0 Å². The van der Waals surface area contributed by atoms with Gasteiger partial charge in [-0.1, -0.05) is 19.1 Å². The number of nitrogens with two attached hydrogens (primary N) is 1. The van der Waals surface area contributed by atoms with Gasteiger partial charge in [0, 0.05) is 10.5 Å². The van der Waals surface area contributed by atoms with Gasteiger partial charge < -0.3 is 10.8 Å². The van der Waals surface area contributed by atoms with Crippen molar-refractivity contribution in [3.63, 3.8) is 0 Å². The zero-order valence-electron chi connectivity index (χ0n) is 8.99. The number of carboxylic acids is 1. The minimum atomic E-state index is -0.943. The lowest BCUT2D eigenvalue weighted by molar-refractivity contribution is -0.139. The molecule has 0 amide bonds. The summed E-state index contributed by atoms with van der Waals surface area (Å²) in [6.07, 6.45) is 5.11. The van der Waals surface area contributed by atoms with Crippen molar-refractivity contribution in [2.75, 3.05) is 5.75 Å². The maximum Gasteiger partial charge on any atom is 0.321 e. The Labute approximate surface area is 89.8 Å². The van der Waals surface area contributed by atoms with Crippen molar-refractivity contribution in [1.82, 2.24) is 0 Å². The van der Waals surface area contributed by atoms with Crippen LogP contribution in [0.15, 0.2) is 12.2 Å². The minimum absolute atomic E-state index is 0.427. The monoisotopic (exact) mass is 217 g/mol. The van der Waals surface area contributed by atoms with Crippen molar-refractivity contribution in [3.8, 4) is 0 Å². The molecule has 3 N–H and O–H groups in total. The number of rotatable bonds is 6. The normalized spacial score (nSPS) is 14.6. The molecule has 0 heterocycles. The quantitative estimate of drug-likeness (QED) is 0.667. The van der Waals surface area contributed by atoms with Gasteiger partial charge in [-0.3, -0.25) is 4.79 Å². The Hall–Kier alpha value is -0.480. The lowest BCUT2D eigenvalue weighted by Crippen LogP contribution is -2.46. The Balaban J connectivity index is 4.06. The van der Waals surface area contributed by atoms with Crippen molar-refractivity contribution >= 4 is 17.7 Å². The van der Waals surface area contributed by atoms with Gasteiger partial charge in [-0.25, -0.2) is 0 Å². The molecule has 0 aliphatic rings. The molecular formula is C10H19NO2S. The molecule has 0 aliphatic carbocycles. The molecule has 0 bridgehead atoms. The van der Waals surface area contributed by atoms with Crippen LogP contribution in [0.4, 0.5) is 0 Å².